The van der Waals surface area contributed by atoms with E-state index in [0.29, 0.717) is 17.9 Å². The number of hydrogen-bond donors (Lipinski definition) is 1. The van der Waals surface area contributed by atoms with E-state index in [2.05, 4.69) is 10.3 Å². The summed E-state index contributed by atoms with van der Waals surface area (Å²) < 4.78 is 5.37. The van der Waals surface area contributed by atoms with E-state index in [1.807, 2.05) is 11.8 Å². The average Bonchev–Trinajstić information content (AvgIpc) is 3.18. The van der Waals surface area contributed by atoms with Crippen molar-refractivity contribution in [1.29, 1.82) is 0 Å². The van der Waals surface area contributed by atoms with Crippen molar-refractivity contribution in [3.63, 3.8) is 0 Å². The van der Waals surface area contributed by atoms with Crippen molar-refractivity contribution >= 4 is 17.5 Å². The van der Waals surface area contributed by atoms with Gasteiger partial charge in [-0.1, -0.05) is 0 Å². The first-order valence-electron chi connectivity index (χ1n) is 8.47. The number of pyridine rings is 1. The van der Waals surface area contributed by atoms with Gasteiger partial charge in [0.15, 0.2) is 0 Å². The highest BCUT2D eigenvalue weighted by molar-refractivity contribution is 6.04. The van der Waals surface area contributed by atoms with Gasteiger partial charge in [-0.3, -0.25) is 14.6 Å². The Hall–Kier alpha value is -2.89. The topological polar surface area (TPSA) is 71.5 Å². The number of hydrogen-bond acceptors (Lipinski definition) is 4. The summed E-state index contributed by atoms with van der Waals surface area (Å²) in [5.41, 5.74) is 1.36. The zero-order valence-electron chi connectivity index (χ0n) is 14.2. The highest BCUT2D eigenvalue weighted by Gasteiger charge is 2.20. The van der Waals surface area contributed by atoms with Crippen LogP contribution in [0.3, 0.4) is 0 Å². The Morgan fingerprint density at radius 1 is 1.16 bits per heavy atom. The number of carbonyl (C=O) groups is 2. The fraction of sp³-hybridized carbons (Fsp3) is 0.316. The first-order valence-corrected chi connectivity index (χ1v) is 8.47. The zero-order valence-corrected chi connectivity index (χ0v) is 14.2. The Morgan fingerprint density at radius 2 is 1.88 bits per heavy atom. The summed E-state index contributed by atoms with van der Waals surface area (Å²) >= 11 is 0. The number of nitrogens with one attached hydrogen (secondary N) is 1. The van der Waals surface area contributed by atoms with Crippen molar-refractivity contribution in [2.45, 2.75) is 19.8 Å². The third-order valence-electron chi connectivity index (χ3n) is 4.06. The first-order chi connectivity index (χ1) is 12.2. The van der Waals surface area contributed by atoms with E-state index in [1.165, 1.54) is 6.20 Å². The normalized spacial score (nSPS) is 13.6. The van der Waals surface area contributed by atoms with Crippen LogP contribution in [0.4, 0.5) is 5.69 Å². The number of carbonyl (C=O) groups excluding carboxylic acids is 2. The molecule has 25 heavy (non-hydrogen) atoms. The summed E-state index contributed by atoms with van der Waals surface area (Å²) in [5, 5.41) is 2.78. The number of anilines is 1. The van der Waals surface area contributed by atoms with Crippen LogP contribution >= 0.6 is 0 Å². The summed E-state index contributed by atoms with van der Waals surface area (Å²) in [7, 11) is 0. The average molecular weight is 339 g/mol. The molecule has 6 heteroatoms. The van der Waals surface area contributed by atoms with Crippen molar-refractivity contribution in [3.05, 3.63) is 53.9 Å². The Kier molecular flexibility index (Phi) is 5.28. The molecule has 3 rings (SSSR count). The van der Waals surface area contributed by atoms with Gasteiger partial charge in [0.25, 0.3) is 11.8 Å². The Morgan fingerprint density at radius 3 is 2.56 bits per heavy atom. The van der Waals surface area contributed by atoms with E-state index in [-0.39, 0.29) is 17.5 Å². The van der Waals surface area contributed by atoms with Gasteiger partial charge in [0.1, 0.15) is 11.4 Å². The molecule has 1 aliphatic heterocycles. The number of benzene rings is 1. The zero-order chi connectivity index (χ0) is 17.6. The quantitative estimate of drug-likeness (QED) is 0.909. The molecule has 2 amide bonds. The number of likely N-dealkylation sites (tertiary alicyclic amines) is 1. The predicted octanol–water partition coefficient (Wildman–Crippen LogP) is 2.97. The van der Waals surface area contributed by atoms with Crippen LogP contribution < -0.4 is 10.1 Å². The van der Waals surface area contributed by atoms with Gasteiger partial charge in [0.05, 0.1) is 6.61 Å². The number of nitrogens with zero attached hydrogens (tertiary/aromatic N) is 2. The van der Waals surface area contributed by atoms with Gasteiger partial charge in [0.2, 0.25) is 0 Å². The number of ether oxygens (including phenoxy) is 1. The van der Waals surface area contributed by atoms with Gasteiger partial charge in [-0.25, -0.2) is 0 Å². The third kappa shape index (κ3) is 4.15. The fourth-order valence-electron chi connectivity index (χ4n) is 2.79. The molecule has 2 aromatic rings. The maximum absolute atomic E-state index is 12.4. The van der Waals surface area contributed by atoms with Crippen LogP contribution in [0.5, 0.6) is 5.75 Å². The molecule has 0 radical (unpaired) electrons. The lowest BCUT2D eigenvalue weighted by molar-refractivity contribution is 0.0792. The van der Waals surface area contributed by atoms with Crippen LogP contribution in [-0.2, 0) is 0 Å². The Balaban J connectivity index is 1.69. The number of rotatable bonds is 5. The van der Waals surface area contributed by atoms with E-state index in [9.17, 15) is 9.59 Å². The minimum atomic E-state index is -0.347. The number of aromatic nitrogens is 1. The van der Waals surface area contributed by atoms with Crippen molar-refractivity contribution in [2.24, 2.45) is 0 Å². The highest BCUT2D eigenvalue weighted by Crippen LogP contribution is 2.17. The molecule has 0 bridgehead atoms. The van der Waals surface area contributed by atoms with Gasteiger partial charge < -0.3 is 15.0 Å². The van der Waals surface area contributed by atoms with Gasteiger partial charge in [0, 0.05) is 30.5 Å². The highest BCUT2D eigenvalue weighted by atomic mass is 16.5. The largest absolute Gasteiger partial charge is 0.494 e. The minimum Gasteiger partial charge on any atom is -0.494 e. The van der Waals surface area contributed by atoms with Crippen LogP contribution in [0.25, 0.3) is 0 Å². The molecule has 1 aliphatic rings. The van der Waals surface area contributed by atoms with Crippen molar-refractivity contribution in [2.75, 3.05) is 25.0 Å². The molecule has 1 N–H and O–H groups in total. The Bertz CT molecular complexity index is 753. The molecule has 0 aliphatic carbocycles. The molecule has 6 nitrogen and oxygen atoms in total. The molecule has 130 valence electrons. The van der Waals surface area contributed by atoms with Gasteiger partial charge in [-0.15, -0.1) is 0 Å². The molecule has 1 aromatic heterocycles. The van der Waals surface area contributed by atoms with E-state index in [0.717, 1.165) is 31.7 Å². The van der Waals surface area contributed by atoms with Crippen LogP contribution in [0.15, 0.2) is 42.6 Å². The molecule has 2 heterocycles. The summed E-state index contributed by atoms with van der Waals surface area (Å²) in [4.78, 5) is 30.7. The third-order valence-corrected chi connectivity index (χ3v) is 4.06. The second-order valence-electron chi connectivity index (χ2n) is 5.84. The first kappa shape index (κ1) is 17.0. The summed E-state index contributed by atoms with van der Waals surface area (Å²) in [5.74, 6) is 0.354. The predicted molar refractivity (Wildman–Crippen MR) is 94.9 cm³/mol. The maximum atomic E-state index is 12.4. The lowest BCUT2D eigenvalue weighted by atomic mass is 10.2. The van der Waals surface area contributed by atoms with E-state index >= 15 is 0 Å². The van der Waals surface area contributed by atoms with Crippen LogP contribution in [-0.4, -0.2) is 41.4 Å². The molecule has 0 unspecified atom stereocenters. The molecular weight excluding hydrogens is 318 g/mol. The SMILES string of the molecule is CCOc1ccc(NC(=O)c2cc(C(=O)N3CCCC3)ccn2)cc1. The standard InChI is InChI=1S/C19H21N3O3/c1-2-25-16-7-5-15(6-8-16)21-18(23)17-13-14(9-10-20-17)19(24)22-11-3-4-12-22/h5-10,13H,2-4,11-12H2,1H3,(H,21,23). The Labute approximate surface area is 146 Å². The lowest BCUT2D eigenvalue weighted by Gasteiger charge is -2.15. The summed E-state index contributed by atoms with van der Waals surface area (Å²) in [6, 6.07) is 10.3. The minimum absolute atomic E-state index is 0.0463. The smallest absolute Gasteiger partial charge is 0.274 e. The van der Waals surface area contributed by atoms with Crippen molar-refractivity contribution < 1.29 is 14.3 Å². The molecule has 1 saturated heterocycles. The van der Waals surface area contributed by atoms with Crippen molar-refractivity contribution in [1.82, 2.24) is 9.88 Å². The summed E-state index contributed by atoms with van der Waals surface area (Å²) in [6.45, 7) is 4.05. The van der Waals surface area contributed by atoms with Gasteiger partial charge in [-0.2, -0.15) is 0 Å². The van der Waals surface area contributed by atoms with E-state index in [1.54, 1.807) is 36.4 Å². The maximum Gasteiger partial charge on any atom is 0.274 e. The van der Waals surface area contributed by atoms with E-state index in [4.69, 9.17) is 4.74 Å². The van der Waals surface area contributed by atoms with Crippen LogP contribution in [0.2, 0.25) is 0 Å². The molecule has 1 fully saturated rings. The second-order valence-corrected chi connectivity index (χ2v) is 5.84. The van der Waals surface area contributed by atoms with Gasteiger partial charge >= 0.3 is 0 Å². The molecule has 0 atom stereocenters. The molecule has 0 saturated carbocycles. The molecule has 0 spiro atoms. The van der Waals surface area contributed by atoms with E-state index < -0.39 is 0 Å². The van der Waals surface area contributed by atoms with Crippen LogP contribution in [0.1, 0.15) is 40.6 Å². The van der Waals surface area contributed by atoms with Crippen LogP contribution in [0, 0.1) is 0 Å². The van der Waals surface area contributed by atoms with Gasteiger partial charge in [-0.05, 0) is 56.2 Å². The monoisotopic (exact) mass is 339 g/mol. The number of amides is 2. The molecular formula is C19H21N3O3. The molecule has 1 aromatic carbocycles. The summed E-state index contributed by atoms with van der Waals surface area (Å²) in [6.07, 6.45) is 3.56. The van der Waals surface area contributed by atoms with Crippen molar-refractivity contribution in [3.8, 4) is 5.75 Å². The fourth-order valence-corrected chi connectivity index (χ4v) is 2.79. The lowest BCUT2D eigenvalue weighted by Crippen LogP contribution is -2.28. The second kappa shape index (κ2) is 7.79.